The molecular weight excluding hydrogens is 376 g/mol. The zero-order valence-electron chi connectivity index (χ0n) is 23.7. The third-order valence-corrected chi connectivity index (χ3v) is 5.38. The van der Waals surface area contributed by atoms with Crippen molar-refractivity contribution in [3.63, 3.8) is 0 Å². The van der Waals surface area contributed by atoms with Crippen molar-refractivity contribution in [2.24, 2.45) is 0 Å². The summed E-state index contributed by atoms with van der Waals surface area (Å²) in [5.74, 6) is 0. The summed E-state index contributed by atoms with van der Waals surface area (Å²) in [5.41, 5.74) is 0. The lowest BCUT2D eigenvalue weighted by Gasteiger charge is -1.97. The van der Waals surface area contributed by atoms with Crippen molar-refractivity contribution in [2.45, 2.75) is 190 Å². The van der Waals surface area contributed by atoms with E-state index in [-0.39, 0.29) is 0 Å². The van der Waals surface area contributed by atoms with Crippen LogP contribution < -0.4 is 0 Å². The number of aliphatic hydroxyl groups is 1. The summed E-state index contributed by atoms with van der Waals surface area (Å²) in [6.45, 7) is 16.1. The second-order valence-corrected chi connectivity index (χ2v) is 9.03. The van der Waals surface area contributed by atoms with Crippen LogP contribution in [-0.4, -0.2) is 11.7 Å². The minimum absolute atomic E-state index is 0.369. The Morgan fingerprint density at radius 2 is 0.419 bits per heavy atom. The van der Waals surface area contributed by atoms with E-state index in [1.165, 1.54) is 135 Å². The zero-order valence-corrected chi connectivity index (χ0v) is 23.7. The Balaban J connectivity index is -0.000000159. The molecule has 1 heteroatoms. The molecule has 0 aliphatic carbocycles. The fourth-order valence-electron chi connectivity index (χ4n) is 3.10. The Kier molecular flexibility index (Phi) is 58.8. The monoisotopic (exact) mass is 445 g/mol. The van der Waals surface area contributed by atoms with Gasteiger partial charge in [-0.1, -0.05) is 183 Å². The Morgan fingerprint density at radius 1 is 0.258 bits per heavy atom. The van der Waals surface area contributed by atoms with Gasteiger partial charge in [-0.2, -0.15) is 0 Å². The highest BCUT2D eigenvalue weighted by Crippen LogP contribution is 2.06. The highest BCUT2D eigenvalue weighted by atomic mass is 16.2. The van der Waals surface area contributed by atoms with Crippen LogP contribution in [0, 0.1) is 0 Å². The first-order valence-electron chi connectivity index (χ1n) is 14.8. The number of aliphatic hydroxyl groups excluding tert-OH is 1. The molecule has 0 saturated carbocycles. The molecule has 1 nitrogen and oxygen atoms in total. The van der Waals surface area contributed by atoms with E-state index < -0.39 is 0 Å². The van der Waals surface area contributed by atoms with Crippen LogP contribution in [0.25, 0.3) is 0 Å². The zero-order chi connectivity index (χ0) is 24.3. The topological polar surface area (TPSA) is 20.2 Å². The second-order valence-electron chi connectivity index (χ2n) is 9.03. The SMILES string of the molecule is CCCCCCC.CCCCCCC.CCCCCCC.CCCCCCCCCO. The van der Waals surface area contributed by atoms with E-state index in [0.717, 1.165) is 6.42 Å². The standard InChI is InChI=1S/C9H20O.3C7H16/c1-2-3-4-5-6-7-8-9-10;3*1-3-5-7-6-4-2/h10H,2-9H2,1H3;3*3-7H2,1-2H3. The Hall–Kier alpha value is -0.0400. The maximum atomic E-state index is 8.47. The van der Waals surface area contributed by atoms with Crippen molar-refractivity contribution in [2.75, 3.05) is 6.61 Å². The molecule has 0 aromatic rings. The molecule has 0 radical (unpaired) electrons. The Labute approximate surface area is 201 Å². The van der Waals surface area contributed by atoms with Gasteiger partial charge in [0, 0.05) is 6.61 Å². The largest absolute Gasteiger partial charge is 0.396 e. The Morgan fingerprint density at radius 3 is 0.613 bits per heavy atom. The quantitative estimate of drug-likeness (QED) is 0.196. The van der Waals surface area contributed by atoms with Gasteiger partial charge < -0.3 is 5.11 Å². The summed E-state index contributed by atoms with van der Waals surface area (Å²) in [4.78, 5) is 0. The molecule has 0 aliphatic rings. The lowest BCUT2D eigenvalue weighted by molar-refractivity contribution is 0.282. The molecule has 0 unspecified atom stereocenters. The first kappa shape index (κ1) is 38.2. The fourth-order valence-corrected chi connectivity index (χ4v) is 3.10. The molecule has 194 valence electrons. The van der Waals surface area contributed by atoms with Crippen LogP contribution >= 0.6 is 0 Å². The highest BCUT2D eigenvalue weighted by Gasteiger charge is 1.88. The van der Waals surface area contributed by atoms with Crippen LogP contribution in [-0.2, 0) is 0 Å². The van der Waals surface area contributed by atoms with Gasteiger partial charge in [0.1, 0.15) is 0 Å². The van der Waals surface area contributed by atoms with Gasteiger partial charge in [0.05, 0.1) is 0 Å². The maximum Gasteiger partial charge on any atom is 0.0431 e. The van der Waals surface area contributed by atoms with E-state index >= 15 is 0 Å². The molecule has 0 heterocycles. The maximum absolute atomic E-state index is 8.47. The van der Waals surface area contributed by atoms with E-state index in [0.29, 0.717) is 6.61 Å². The highest BCUT2D eigenvalue weighted by molar-refractivity contribution is 4.43. The predicted molar refractivity (Wildman–Crippen MR) is 148 cm³/mol. The smallest absolute Gasteiger partial charge is 0.0431 e. The molecule has 0 spiro atoms. The lowest BCUT2D eigenvalue weighted by Crippen LogP contribution is -1.83. The van der Waals surface area contributed by atoms with Gasteiger partial charge in [0.15, 0.2) is 0 Å². The first-order valence-corrected chi connectivity index (χ1v) is 14.8. The molecule has 0 fully saturated rings. The first-order chi connectivity index (χ1) is 15.2. The Bertz CT molecular complexity index is 171. The minimum atomic E-state index is 0.369. The van der Waals surface area contributed by atoms with E-state index in [1.807, 2.05) is 0 Å². The second kappa shape index (κ2) is 47.7. The summed E-state index contributed by atoms with van der Waals surface area (Å²) in [6.07, 6.45) is 30.0. The molecule has 0 saturated heterocycles. The minimum Gasteiger partial charge on any atom is -0.396 e. The average molecular weight is 445 g/mol. The molecule has 1 N–H and O–H groups in total. The van der Waals surface area contributed by atoms with E-state index in [1.54, 1.807) is 0 Å². The van der Waals surface area contributed by atoms with Gasteiger partial charge in [-0.05, 0) is 6.42 Å². The van der Waals surface area contributed by atoms with Crippen molar-refractivity contribution >= 4 is 0 Å². The molecule has 0 aliphatic heterocycles. The van der Waals surface area contributed by atoms with Crippen molar-refractivity contribution in [3.05, 3.63) is 0 Å². The summed E-state index contributed by atoms with van der Waals surface area (Å²) in [7, 11) is 0. The summed E-state index contributed by atoms with van der Waals surface area (Å²) >= 11 is 0. The van der Waals surface area contributed by atoms with Crippen LogP contribution in [0.5, 0.6) is 0 Å². The van der Waals surface area contributed by atoms with E-state index in [4.69, 9.17) is 5.11 Å². The van der Waals surface area contributed by atoms with Gasteiger partial charge >= 0.3 is 0 Å². The molecule has 0 rings (SSSR count). The molecule has 0 bridgehead atoms. The molecule has 31 heavy (non-hydrogen) atoms. The number of hydrogen-bond acceptors (Lipinski definition) is 1. The van der Waals surface area contributed by atoms with Gasteiger partial charge in [0.25, 0.3) is 0 Å². The van der Waals surface area contributed by atoms with E-state index in [2.05, 4.69) is 48.5 Å². The van der Waals surface area contributed by atoms with Gasteiger partial charge in [-0.3, -0.25) is 0 Å². The van der Waals surface area contributed by atoms with Crippen molar-refractivity contribution in [1.29, 1.82) is 0 Å². The third-order valence-electron chi connectivity index (χ3n) is 5.38. The van der Waals surface area contributed by atoms with Crippen molar-refractivity contribution in [3.8, 4) is 0 Å². The number of hydrogen-bond donors (Lipinski definition) is 1. The summed E-state index contributed by atoms with van der Waals surface area (Å²) in [5, 5.41) is 8.47. The van der Waals surface area contributed by atoms with Crippen LogP contribution in [0.4, 0.5) is 0 Å². The van der Waals surface area contributed by atoms with E-state index in [9.17, 15) is 0 Å². The molecular formula is C30H68O. The molecule has 0 amide bonds. The lowest BCUT2D eigenvalue weighted by atomic mass is 10.1. The number of rotatable bonds is 19. The van der Waals surface area contributed by atoms with Gasteiger partial charge in [-0.25, -0.2) is 0 Å². The van der Waals surface area contributed by atoms with Crippen molar-refractivity contribution in [1.82, 2.24) is 0 Å². The predicted octanol–water partition coefficient (Wildman–Crippen LogP) is 11.7. The van der Waals surface area contributed by atoms with Crippen LogP contribution in [0.15, 0.2) is 0 Å². The molecule has 0 atom stereocenters. The molecule has 0 aromatic heterocycles. The van der Waals surface area contributed by atoms with Gasteiger partial charge in [-0.15, -0.1) is 0 Å². The normalized spacial score (nSPS) is 9.68. The van der Waals surface area contributed by atoms with Crippen molar-refractivity contribution < 1.29 is 5.11 Å². The summed E-state index contributed by atoms with van der Waals surface area (Å²) < 4.78 is 0. The van der Waals surface area contributed by atoms with Crippen LogP contribution in [0.1, 0.15) is 190 Å². The van der Waals surface area contributed by atoms with Crippen LogP contribution in [0.2, 0.25) is 0 Å². The fraction of sp³-hybridized carbons (Fsp3) is 1.00. The summed E-state index contributed by atoms with van der Waals surface area (Å²) in [6, 6.07) is 0. The van der Waals surface area contributed by atoms with Gasteiger partial charge in [0.2, 0.25) is 0 Å². The molecule has 0 aromatic carbocycles. The third kappa shape index (κ3) is 65.2. The average Bonchev–Trinajstić information content (AvgIpc) is 2.79. The van der Waals surface area contributed by atoms with Crippen LogP contribution in [0.3, 0.4) is 0 Å². The number of unbranched alkanes of at least 4 members (excludes halogenated alkanes) is 18.